The number of imide groups is 1. The van der Waals surface area contributed by atoms with Crippen LogP contribution in [-0.4, -0.2) is 41.9 Å². The van der Waals surface area contributed by atoms with Crippen LogP contribution in [0, 0.1) is 21.0 Å². The summed E-state index contributed by atoms with van der Waals surface area (Å²) >= 11 is -0.456. The molecule has 0 aromatic heterocycles. The summed E-state index contributed by atoms with van der Waals surface area (Å²) in [7, 11) is 1.66. The van der Waals surface area contributed by atoms with Crippen molar-refractivity contribution in [1.29, 1.82) is 0 Å². The Morgan fingerprint density at radius 2 is 1.35 bits per heavy atom. The van der Waals surface area contributed by atoms with Crippen LogP contribution in [0.1, 0.15) is 58.2 Å². The van der Waals surface area contributed by atoms with E-state index in [2.05, 4.69) is 38.1 Å². The van der Waals surface area contributed by atoms with Gasteiger partial charge in [0.1, 0.15) is 17.0 Å². The summed E-state index contributed by atoms with van der Waals surface area (Å²) in [6.07, 6.45) is -0.876. The van der Waals surface area contributed by atoms with E-state index in [9.17, 15) is 9.59 Å². The Hall–Kier alpha value is -2.29. The minimum atomic E-state index is -0.719. The highest BCUT2D eigenvalue weighted by atomic mass is 127. The predicted molar refractivity (Wildman–Crippen MR) is 129 cm³/mol. The number of hydrogen-bond acceptors (Lipinski definition) is 5. The molecule has 7 heteroatoms. The molecule has 0 spiro atoms. The molecule has 0 radical (unpaired) electrons. The third-order valence-corrected chi connectivity index (χ3v) is 7.68. The Morgan fingerprint density at radius 3 is 1.82 bits per heavy atom. The van der Waals surface area contributed by atoms with Crippen molar-refractivity contribution in [3.8, 4) is 5.75 Å². The minimum Gasteiger partial charge on any atom is -0.497 e. The van der Waals surface area contributed by atoms with E-state index < -0.39 is 44.6 Å². The molecule has 6 nitrogen and oxygen atoms in total. The van der Waals surface area contributed by atoms with Crippen LogP contribution in [0.4, 0.5) is 9.59 Å². The molecular formula is C27H37INO5+. The predicted octanol–water partition coefficient (Wildman–Crippen LogP) is 3.16. The zero-order valence-corrected chi connectivity index (χ0v) is 23.9. The van der Waals surface area contributed by atoms with Crippen LogP contribution in [0.2, 0.25) is 0 Å². The van der Waals surface area contributed by atoms with E-state index in [1.165, 1.54) is 18.3 Å². The Labute approximate surface area is 214 Å². The quantitative estimate of drug-likeness (QED) is 0.490. The van der Waals surface area contributed by atoms with Gasteiger partial charge in [-0.1, -0.05) is 6.07 Å². The number of nitrogens with zero attached hydrogens (tertiary/aromatic N) is 1. The summed E-state index contributed by atoms with van der Waals surface area (Å²) in [5.41, 5.74) is 2.09. The van der Waals surface area contributed by atoms with Crippen molar-refractivity contribution in [2.45, 2.75) is 73.0 Å². The fourth-order valence-electron chi connectivity index (χ4n) is 2.99. The van der Waals surface area contributed by atoms with Crippen molar-refractivity contribution in [1.82, 2.24) is 4.90 Å². The van der Waals surface area contributed by atoms with E-state index in [1.807, 2.05) is 12.1 Å². The van der Waals surface area contributed by atoms with E-state index >= 15 is 0 Å². The normalized spacial score (nSPS) is 11.7. The number of rotatable bonds is 6. The molecule has 0 fully saturated rings. The number of amides is 2. The Bertz CT molecular complexity index is 975. The molecule has 186 valence electrons. The number of halogens is 1. The van der Waals surface area contributed by atoms with Crippen LogP contribution in [0.15, 0.2) is 36.4 Å². The molecule has 0 saturated heterocycles. The van der Waals surface area contributed by atoms with E-state index in [-0.39, 0.29) is 6.54 Å². The second-order valence-corrected chi connectivity index (χ2v) is 13.1. The summed E-state index contributed by atoms with van der Waals surface area (Å²) in [6, 6.07) is 12.5. The van der Waals surface area contributed by atoms with Crippen molar-refractivity contribution >= 4 is 12.2 Å². The first-order valence-electron chi connectivity index (χ1n) is 11.3. The van der Waals surface area contributed by atoms with Gasteiger partial charge in [0, 0.05) is 12.1 Å². The van der Waals surface area contributed by atoms with E-state index in [0.717, 1.165) is 16.2 Å². The lowest BCUT2D eigenvalue weighted by Crippen LogP contribution is -3.61. The molecule has 0 aliphatic carbocycles. The zero-order chi connectivity index (χ0) is 25.7. The SMILES string of the molecule is COc1ccc([I+]c2cc(C)c(C)cc2CCN(C(=O)OC(C)(C)C)C(=O)OC(C)(C)C)cc1. The van der Waals surface area contributed by atoms with Crippen LogP contribution in [0.25, 0.3) is 0 Å². The van der Waals surface area contributed by atoms with Gasteiger partial charge in [-0.15, -0.1) is 0 Å². The average Bonchev–Trinajstić information content (AvgIpc) is 2.69. The summed E-state index contributed by atoms with van der Waals surface area (Å²) < 4.78 is 18.8. The molecule has 0 heterocycles. The number of ether oxygens (including phenoxy) is 3. The number of carbonyl (C=O) groups is 2. The standard InChI is InChI=1S/C27H37INO5/c1-18-16-20(23(17-19(18)2)28-21-10-12-22(32-9)13-11-21)14-15-29(24(30)33-26(3,4)5)25(31)34-27(6,7)8/h10-13,16-17H,14-15H2,1-9H3/q+1. The van der Waals surface area contributed by atoms with Gasteiger partial charge in [-0.3, -0.25) is 0 Å². The van der Waals surface area contributed by atoms with Gasteiger partial charge in [0.15, 0.2) is 7.14 Å². The highest BCUT2D eigenvalue weighted by Crippen LogP contribution is 2.17. The fourth-order valence-corrected chi connectivity index (χ4v) is 5.78. The summed E-state index contributed by atoms with van der Waals surface area (Å²) in [6.45, 7) is 15.0. The Balaban J connectivity index is 2.30. The number of hydrogen-bond donors (Lipinski definition) is 0. The maximum Gasteiger partial charge on any atom is 0.419 e. The third-order valence-electron chi connectivity index (χ3n) is 4.76. The lowest BCUT2D eigenvalue weighted by molar-refractivity contribution is -0.598. The Kier molecular flexibility index (Phi) is 9.39. The first-order valence-corrected chi connectivity index (χ1v) is 13.5. The molecule has 2 rings (SSSR count). The summed E-state index contributed by atoms with van der Waals surface area (Å²) in [5, 5.41) is 0. The van der Waals surface area contributed by atoms with Gasteiger partial charge in [-0.05, 0) is 103 Å². The number of aryl methyl sites for hydroxylation is 2. The first-order chi connectivity index (χ1) is 15.7. The average molecular weight is 582 g/mol. The third kappa shape index (κ3) is 8.81. The molecule has 0 unspecified atom stereocenters. The van der Waals surface area contributed by atoms with Crippen molar-refractivity contribution in [3.63, 3.8) is 0 Å². The van der Waals surface area contributed by atoms with Gasteiger partial charge in [-0.25, -0.2) is 14.5 Å². The van der Waals surface area contributed by atoms with Crippen LogP contribution < -0.4 is 25.9 Å². The molecule has 0 N–H and O–H groups in total. The summed E-state index contributed by atoms with van der Waals surface area (Å²) in [5.74, 6) is 0.832. The van der Waals surface area contributed by atoms with Crippen LogP contribution in [0.3, 0.4) is 0 Å². The summed E-state index contributed by atoms with van der Waals surface area (Å²) in [4.78, 5) is 26.8. The molecule has 2 amide bonds. The number of carbonyl (C=O) groups excluding carboxylic acids is 2. The first kappa shape index (κ1) is 28.0. The monoisotopic (exact) mass is 582 g/mol. The van der Waals surface area contributed by atoms with Crippen LogP contribution >= 0.6 is 0 Å². The number of benzene rings is 2. The number of methoxy groups -OCH3 is 1. The molecule has 0 bridgehead atoms. The zero-order valence-electron chi connectivity index (χ0n) is 21.7. The van der Waals surface area contributed by atoms with Gasteiger partial charge >= 0.3 is 33.4 Å². The second kappa shape index (κ2) is 11.4. The van der Waals surface area contributed by atoms with Gasteiger partial charge in [-0.2, -0.15) is 0 Å². The minimum absolute atomic E-state index is 0.172. The lowest BCUT2D eigenvalue weighted by Gasteiger charge is -2.28. The molecule has 0 atom stereocenters. The molecule has 2 aromatic carbocycles. The second-order valence-electron chi connectivity index (χ2n) is 10.1. The highest BCUT2D eigenvalue weighted by molar-refractivity contribution is 5.88. The fraction of sp³-hybridized carbons (Fsp3) is 0.481. The van der Waals surface area contributed by atoms with Crippen molar-refractivity contribution in [3.05, 3.63) is 60.2 Å². The molecule has 0 aliphatic heterocycles. The van der Waals surface area contributed by atoms with Gasteiger partial charge < -0.3 is 14.2 Å². The smallest absolute Gasteiger partial charge is 0.419 e. The van der Waals surface area contributed by atoms with Crippen molar-refractivity contribution in [2.24, 2.45) is 0 Å². The molecule has 2 aromatic rings. The van der Waals surface area contributed by atoms with E-state index in [0.29, 0.717) is 6.42 Å². The van der Waals surface area contributed by atoms with Crippen molar-refractivity contribution in [2.75, 3.05) is 13.7 Å². The Morgan fingerprint density at radius 1 is 0.853 bits per heavy atom. The highest BCUT2D eigenvalue weighted by Gasteiger charge is 2.32. The van der Waals surface area contributed by atoms with Gasteiger partial charge in [0.25, 0.3) is 0 Å². The molecule has 34 heavy (non-hydrogen) atoms. The van der Waals surface area contributed by atoms with Gasteiger partial charge in [0.2, 0.25) is 0 Å². The van der Waals surface area contributed by atoms with Gasteiger partial charge in [0.05, 0.1) is 7.11 Å². The van der Waals surface area contributed by atoms with Crippen molar-refractivity contribution < 1.29 is 45.0 Å². The molecule has 0 saturated carbocycles. The van der Waals surface area contributed by atoms with E-state index in [1.54, 1.807) is 48.7 Å². The lowest BCUT2D eigenvalue weighted by atomic mass is 10.0. The van der Waals surface area contributed by atoms with Crippen LogP contribution in [0.5, 0.6) is 5.75 Å². The van der Waals surface area contributed by atoms with Crippen LogP contribution in [-0.2, 0) is 15.9 Å². The molecule has 0 aliphatic rings. The largest absolute Gasteiger partial charge is 0.497 e. The maximum atomic E-state index is 12.9. The van der Waals surface area contributed by atoms with E-state index in [4.69, 9.17) is 14.2 Å². The molecular weight excluding hydrogens is 545 g/mol. The topological polar surface area (TPSA) is 65.1 Å². The maximum absolute atomic E-state index is 12.9.